The molecule has 1 aliphatic heterocycles. The van der Waals surface area contributed by atoms with Crippen molar-refractivity contribution < 1.29 is 9.59 Å². The minimum Gasteiger partial charge on any atom is -0.329 e. The van der Waals surface area contributed by atoms with Crippen LogP contribution in [0.25, 0.3) is 5.69 Å². The lowest BCUT2D eigenvalue weighted by atomic mass is 10.0. The number of rotatable bonds is 5. The van der Waals surface area contributed by atoms with Crippen LogP contribution in [0.5, 0.6) is 0 Å². The first kappa shape index (κ1) is 20.4. The lowest BCUT2D eigenvalue weighted by molar-refractivity contribution is -0.140. The van der Waals surface area contributed by atoms with E-state index in [1.54, 1.807) is 23.1 Å². The zero-order valence-corrected chi connectivity index (χ0v) is 17.7. The number of piperazine rings is 1. The first-order valence-corrected chi connectivity index (χ1v) is 10.2. The quantitative estimate of drug-likeness (QED) is 0.605. The summed E-state index contributed by atoms with van der Waals surface area (Å²) in [5, 5.41) is 8.41. The molecular weight excluding hydrogens is 425 g/mol. The van der Waals surface area contributed by atoms with E-state index < -0.39 is 0 Å². The van der Waals surface area contributed by atoms with Crippen LogP contribution in [-0.2, 0) is 16.0 Å². The fourth-order valence-corrected chi connectivity index (χ4v) is 3.88. The molecular formula is C21H19Cl2N5O2. The first-order chi connectivity index (χ1) is 14.4. The average molecular weight is 444 g/mol. The van der Waals surface area contributed by atoms with E-state index in [0.717, 1.165) is 5.56 Å². The Kier molecular flexibility index (Phi) is 5.74. The van der Waals surface area contributed by atoms with E-state index in [0.29, 0.717) is 22.8 Å². The van der Waals surface area contributed by atoms with Crippen LogP contribution in [0.15, 0.2) is 54.7 Å². The summed E-state index contributed by atoms with van der Waals surface area (Å²) in [5.41, 5.74) is 2.16. The second kappa shape index (κ2) is 8.45. The lowest BCUT2D eigenvalue weighted by Crippen LogP contribution is -2.57. The molecule has 0 radical (unpaired) electrons. The molecule has 2 heterocycles. The molecule has 0 N–H and O–H groups in total. The maximum Gasteiger partial charge on any atom is 0.247 e. The van der Waals surface area contributed by atoms with Crippen molar-refractivity contribution in [1.29, 1.82) is 0 Å². The van der Waals surface area contributed by atoms with Crippen LogP contribution in [0.4, 0.5) is 5.69 Å². The molecule has 1 atom stereocenters. The standard InChI is InChI=1S/C21H19Cl2N5O2/c1-14(9-15-5-3-2-4-6-15)26-12-21(30)27(13-20(26)29)18-10-16(22)7-8-17(18)28-11-19(23)24-25-28/h2-8,10-11,14H,9,12-13H2,1H3. The van der Waals surface area contributed by atoms with Crippen molar-refractivity contribution in [2.75, 3.05) is 18.0 Å². The van der Waals surface area contributed by atoms with Gasteiger partial charge in [-0.15, -0.1) is 5.10 Å². The Hall–Kier alpha value is -2.90. The van der Waals surface area contributed by atoms with E-state index in [9.17, 15) is 9.59 Å². The molecule has 7 nitrogen and oxygen atoms in total. The summed E-state index contributed by atoms with van der Waals surface area (Å²) in [6, 6.07) is 14.8. The number of carbonyl (C=O) groups is 2. The predicted octanol–water partition coefficient (Wildman–Crippen LogP) is 3.38. The van der Waals surface area contributed by atoms with E-state index in [4.69, 9.17) is 23.2 Å². The SMILES string of the molecule is CC(Cc1ccccc1)N1CC(=O)N(c2cc(Cl)ccc2-n2cc(Cl)nn2)CC1=O. The number of anilines is 1. The summed E-state index contributed by atoms with van der Waals surface area (Å²) in [6.07, 6.45) is 2.21. The van der Waals surface area contributed by atoms with E-state index in [1.165, 1.54) is 15.8 Å². The summed E-state index contributed by atoms with van der Waals surface area (Å²) in [5.74, 6) is -0.315. The largest absolute Gasteiger partial charge is 0.329 e. The number of hydrogen-bond donors (Lipinski definition) is 0. The lowest BCUT2D eigenvalue weighted by Gasteiger charge is -2.38. The van der Waals surface area contributed by atoms with Crippen molar-refractivity contribution in [2.45, 2.75) is 19.4 Å². The second-order valence-corrected chi connectivity index (χ2v) is 7.98. The Bertz CT molecular complexity index is 1090. The second-order valence-electron chi connectivity index (χ2n) is 7.16. The maximum absolute atomic E-state index is 13.0. The number of nitrogens with zero attached hydrogens (tertiary/aromatic N) is 5. The van der Waals surface area contributed by atoms with Gasteiger partial charge in [-0.2, -0.15) is 0 Å². The van der Waals surface area contributed by atoms with Gasteiger partial charge in [0.15, 0.2) is 5.15 Å². The highest BCUT2D eigenvalue weighted by Crippen LogP contribution is 2.30. The number of aromatic nitrogens is 3. The van der Waals surface area contributed by atoms with Gasteiger partial charge in [-0.1, -0.05) is 58.7 Å². The van der Waals surface area contributed by atoms with Gasteiger partial charge in [-0.25, -0.2) is 4.68 Å². The zero-order chi connectivity index (χ0) is 21.3. The van der Waals surface area contributed by atoms with Gasteiger partial charge in [0.2, 0.25) is 11.8 Å². The van der Waals surface area contributed by atoms with Gasteiger partial charge in [0, 0.05) is 11.1 Å². The third-order valence-corrected chi connectivity index (χ3v) is 5.48. The molecule has 0 aliphatic carbocycles. The molecule has 2 amide bonds. The predicted molar refractivity (Wildman–Crippen MR) is 115 cm³/mol. The molecule has 1 fully saturated rings. The van der Waals surface area contributed by atoms with Crippen molar-refractivity contribution in [1.82, 2.24) is 19.9 Å². The van der Waals surface area contributed by atoms with Gasteiger partial charge in [-0.05, 0) is 37.1 Å². The van der Waals surface area contributed by atoms with Gasteiger partial charge < -0.3 is 4.90 Å². The van der Waals surface area contributed by atoms with E-state index in [1.807, 2.05) is 37.3 Å². The molecule has 2 aromatic carbocycles. The zero-order valence-electron chi connectivity index (χ0n) is 16.2. The number of benzene rings is 2. The number of hydrogen-bond acceptors (Lipinski definition) is 4. The number of carbonyl (C=O) groups excluding carboxylic acids is 2. The highest BCUT2D eigenvalue weighted by Gasteiger charge is 2.34. The van der Waals surface area contributed by atoms with Crippen LogP contribution < -0.4 is 4.90 Å². The Labute approximate surface area is 183 Å². The van der Waals surface area contributed by atoms with E-state index >= 15 is 0 Å². The highest BCUT2D eigenvalue weighted by atomic mass is 35.5. The summed E-state index contributed by atoms with van der Waals surface area (Å²) >= 11 is 12.1. The molecule has 154 valence electrons. The van der Waals surface area contributed by atoms with Crippen LogP contribution in [0.3, 0.4) is 0 Å². The molecule has 1 unspecified atom stereocenters. The molecule has 3 aromatic rings. The fourth-order valence-electron chi connectivity index (χ4n) is 3.59. The fraction of sp³-hybridized carbons (Fsp3) is 0.238. The molecule has 1 saturated heterocycles. The normalized spacial score (nSPS) is 15.6. The Morgan fingerprint density at radius 2 is 1.77 bits per heavy atom. The van der Waals surface area contributed by atoms with Crippen molar-refractivity contribution in [3.8, 4) is 5.69 Å². The topological polar surface area (TPSA) is 71.3 Å². The van der Waals surface area contributed by atoms with Gasteiger partial charge in [0.25, 0.3) is 0 Å². The van der Waals surface area contributed by atoms with Gasteiger partial charge in [-0.3, -0.25) is 14.5 Å². The van der Waals surface area contributed by atoms with Crippen molar-refractivity contribution >= 4 is 40.7 Å². The highest BCUT2D eigenvalue weighted by molar-refractivity contribution is 6.31. The van der Waals surface area contributed by atoms with Crippen molar-refractivity contribution in [3.05, 3.63) is 70.5 Å². The van der Waals surface area contributed by atoms with Crippen LogP contribution in [0.1, 0.15) is 12.5 Å². The Morgan fingerprint density at radius 1 is 1.00 bits per heavy atom. The van der Waals surface area contributed by atoms with Gasteiger partial charge in [0.1, 0.15) is 13.1 Å². The molecule has 1 aromatic heterocycles. The maximum atomic E-state index is 13.0. The average Bonchev–Trinajstić information content (AvgIpc) is 3.16. The smallest absolute Gasteiger partial charge is 0.247 e. The molecule has 0 spiro atoms. The minimum absolute atomic E-state index is 0.00308. The molecule has 9 heteroatoms. The number of halogens is 2. The summed E-state index contributed by atoms with van der Waals surface area (Å²) in [4.78, 5) is 29.0. The monoisotopic (exact) mass is 443 g/mol. The molecule has 0 saturated carbocycles. The molecule has 1 aliphatic rings. The Morgan fingerprint density at radius 3 is 2.47 bits per heavy atom. The Balaban J connectivity index is 1.58. The van der Waals surface area contributed by atoms with Crippen LogP contribution in [0, 0.1) is 0 Å². The summed E-state index contributed by atoms with van der Waals surface area (Å²) < 4.78 is 1.45. The van der Waals surface area contributed by atoms with Crippen LogP contribution in [-0.4, -0.2) is 50.8 Å². The van der Waals surface area contributed by atoms with Gasteiger partial charge in [0.05, 0.1) is 17.6 Å². The minimum atomic E-state index is -0.191. The van der Waals surface area contributed by atoms with E-state index in [2.05, 4.69) is 10.3 Å². The third kappa shape index (κ3) is 4.17. The molecule has 30 heavy (non-hydrogen) atoms. The van der Waals surface area contributed by atoms with Crippen LogP contribution in [0.2, 0.25) is 10.2 Å². The summed E-state index contributed by atoms with van der Waals surface area (Å²) in [7, 11) is 0. The first-order valence-electron chi connectivity index (χ1n) is 9.44. The third-order valence-electron chi connectivity index (χ3n) is 5.07. The van der Waals surface area contributed by atoms with E-state index in [-0.39, 0.29) is 36.1 Å². The molecule has 0 bridgehead atoms. The van der Waals surface area contributed by atoms with Crippen molar-refractivity contribution in [2.24, 2.45) is 0 Å². The summed E-state index contributed by atoms with van der Waals surface area (Å²) in [6.45, 7) is 1.88. The van der Waals surface area contributed by atoms with Crippen LogP contribution >= 0.6 is 23.2 Å². The van der Waals surface area contributed by atoms with Crippen molar-refractivity contribution in [3.63, 3.8) is 0 Å². The molecule has 4 rings (SSSR count). The number of amides is 2. The van der Waals surface area contributed by atoms with Gasteiger partial charge >= 0.3 is 0 Å².